The van der Waals surface area contributed by atoms with Crippen LogP contribution in [-0.4, -0.2) is 10.8 Å². The second-order valence-corrected chi connectivity index (χ2v) is 6.04. The Hall–Kier alpha value is -2.97. The third kappa shape index (κ3) is 7.17. The molecule has 2 rings (SSSR count). The molecule has 0 spiro atoms. The number of amides is 1. The maximum atomic E-state index is 13.0. The molecular weight excluding hydrogens is 392 g/mol. The topological polar surface area (TPSA) is 72.2 Å². The van der Waals surface area contributed by atoms with Gasteiger partial charge in [0.2, 0.25) is 5.91 Å². The predicted octanol–water partition coefficient (Wildman–Crippen LogP) is 5.99. The number of carbonyl (C=O) groups excluding carboxylic acids is 1. The van der Waals surface area contributed by atoms with Gasteiger partial charge in [0.1, 0.15) is 11.4 Å². The van der Waals surface area contributed by atoms with Crippen LogP contribution in [0.1, 0.15) is 38.3 Å². The van der Waals surface area contributed by atoms with Crippen molar-refractivity contribution in [2.45, 2.75) is 39.8 Å². The fourth-order valence-corrected chi connectivity index (χ4v) is 2.43. The van der Waals surface area contributed by atoms with E-state index in [1.54, 1.807) is 19.1 Å². The average Bonchev–Trinajstić information content (AvgIpc) is 2.68. The van der Waals surface area contributed by atoms with Crippen LogP contribution in [0.3, 0.4) is 0 Å². The van der Waals surface area contributed by atoms with E-state index in [0.717, 1.165) is 11.6 Å². The van der Waals surface area contributed by atoms with Crippen molar-refractivity contribution in [2.75, 3.05) is 5.32 Å². The van der Waals surface area contributed by atoms with Crippen LogP contribution >= 0.6 is 0 Å². The van der Waals surface area contributed by atoms with Crippen LogP contribution in [0.25, 0.3) is 0 Å². The zero-order valence-corrected chi connectivity index (χ0v) is 16.2. The van der Waals surface area contributed by atoms with Gasteiger partial charge in [-0.2, -0.15) is 13.2 Å². The van der Waals surface area contributed by atoms with Crippen LogP contribution in [0.5, 0.6) is 0 Å². The Kier molecular flexibility index (Phi) is 8.75. The van der Waals surface area contributed by atoms with Crippen molar-refractivity contribution in [1.29, 1.82) is 0 Å². The molecule has 1 N–H and O–H groups in total. The van der Waals surface area contributed by atoms with Gasteiger partial charge in [0.25, 0.3) is 5.69 Å². The molecule has 1 unspecified atom stereocenters. The van der Waals surface area contributed by atoms with E-state index in [2.05, 4.69) is 5.32 Å². The maximum absolute atomic E-state index is 13.0. The molecule has 0 aromatic heterocycles. The second kappa shape index (κ2) is 10.5. The number of aryl methyl sites for hydroxylation is 1. The molecule has 0 aliphatic heterocycles. The highest BCUT2D eigenvalue weighted by Crippen LogP contribution is 2.37. The number of nitrogens with zero attached hydrogens (tertiary/aromatic N) is 1. The summed E-state index contributed by atoms with van der Waals surface area (Å²) in [6.45, 7) is 5.61. The number of benzene rings is 2. The van der Waals surface area contributed by atoms with E-state index in [4.69, 9.17) is 0 Å². The standard InChI is InChI=1S/C18H16F4N2O3.C2H6/c1-11(2-3-12-4-6-13(19)7-5-12)17(25)23-14-8-9-16(24(26)27)15(10-14)18(20,21)22;1-2/h4-11H,2-3H2,1H3,(H,23,25);1-2H3. The van der Waals surface area contributed by atoms with E-state index in [1.807, 2.05) is 13.8 Å². The number of hydrogen-bond acceptors (Lipinski definition) is 3. The van der Waals surface area contributed by atoms with Crippen LogP contribution in [0.4, 0.5) is 28.9 Å². The van der Waals surface area contributed by atoms with Gasteiger partial charge in [0.05, 0.1) is 4.92 Å². The maximum Gasteiger partial charge on any atom is 0.423 e. The number of halogens is 4. The monoisotopic (exact) mass is 414 g/mol. The number of hydrogen-bond donors (Lipinski definition) is 1. The Bertz CT molecular complexity index is 837. The highest BCUT2D eigenvalue weighted by molar-refractivity contribution is 5.92. The highest BCUT2D eigenvalue weighted by Gasteiger charge is 2.38. The van der Waals surface area contributed by atoms with Gasteiger partial charge in [-0.15, -0.1) is 0 Å². The lowest BCUT2D eigenvalue weighted by atomic mass is 10.00. The number of nitrogens with one attached hydrogen (secondary N) is 1. The third-order valence-electron chi connectivity index (χ3n) is 3.99. The molecule has 0 bridgehead atoms. The molecule has 2 aromatic carbocycles. The van der Waals surface area contributed by atoms with Gasteiger partial charge in [-0.1, -0.05) is 32.9 Å². The molecule has 0 fully saturated rings. The molecule has 0 heterocycles. The van der Waals surface area contributed by atoms with E-state index < -0.39 is 34.2 Å². The van der Waals surface area contributed by atoms with Gasteiger partial charge < -0.3 is 5.32 Å². The number of nitro groups is 1. The molecule has 9 heteroatoms. The second-order valence-electron chi connectivity index (χ2n) is 6.04. The lowest BCUT2D eigenvalue weighted by Crippen LogP contribution is -2.21. The zero-order valence-electron chi connectivity index (χ0n) is 16.2. The zero-order chi connectivity index (χ0) is 22.2. The van der Waals surface area contributed by atoms with Gasteiger partial charge in [-0.3, -0.25) is 14.9 Å². The van der Waals surface area contributed by atoms with Gasteiger partial charge in [0, 0.05) is 17.7 Å². The summed E-state index contributed by atoms with van der Waals surface area (Å²) in [5.74, 6) is -1.41. The summed E-state index contributed by atoms with van der Waals surface area (Å²) in [6.07, 6.45) is -4.03. The lowest BCUT2D eigenvalue weighted by Gasteiger charge is -2.14. The Morgan fingerprint density at radius 1 is 1.14 bits per heavy atom. The smallest absolute Gasteiger partial charge is 0.326 e. The fraction of sp³-hybridized carbons (Fsp3) is 0.350. The summed E-state index contributed by atoms with van der Waals surface area (Å²) in [5, 5.41) is 13.1. The first-order chi connectivity index (χ1) is 13.6. The van der Waals surface area contributed by atoms with Crippen molar-refractivity contribution >= 4 is 17.3 Å². The van der Waals surface area contributed by atoms with E-state index >= 15 is 0 Å². The molecule has 0 aliphatic carbocycles. The molecular formula is C20H22F4N2O3. The van der Waals surface area contributed by atoms with Gasteiger partial charge in [-0.05, 0) is 42.7 Å². The van der Waals surface area contributed by atoms with Crippen LogP contribution in [0.15, 0.2) is 42.5 Å². The van der Waals surface area contributed by atoms with Crippen molar-refractivity contribution < 1.29 is 27.3 Å². The van der Waals surface area contributed by atoms with Gasteiger partial charge in [0.15, 0.2) is 0 Å². The summed E-state index contributed by atoms with van der Waals surface area (Å²) in [4.78, 5) is 21.8. The van der Waals surface area contributed by atoms with Crippen LogP contribution in [0, 0.1) is 21.8 Å². The Balaban J connectivity index is 0.00000204. The molecule has 29 heavy (non-hydrogen) atoms. The minimum atomic E-state index is -4.92. The Morgan fingerprint density at radius 2 is 1.72 bits per heavy atom. The number of anilines is 1. The average molecular weight is 414 g/mol. The van der Waals surface area contributed by atoms with Crippen molar-refractivity contribution in [2.24, 2.45) is 5.92 Å². The first kappa shape index (κ1) is 24.1. The van der Waals surface area contributed by atoms with E-state index in [1.165, 1.54) is 12.1 Å². The quantitative estimate of drug-likeness (QED) is 0.359. The molecule has 2 aromatic rings. The van der Waals surface area contributed by atoms with Crippen LogP contribution in [0.2, 0.25) is 0 Å². The molecule has 0 radical (unpaired) electrons. The largest absolute Gasteiger partial charge is 0.423 e. The Labute approximate surface area is 165 Å². The van der Waals surface area contributed by atoms with Crippen molar-refractivity contribution in [3.05, 3.63) is 69.5 Å². The first-order valence-corrected chi connectivity index (χ1v) is 8.99. The molecule has 5 nitrogen and oxygen atoms in total. The fourth-order valence-electron chi connectivity index (χ4n) is 2.43. The van der Waals surface area contributed by atoms with Gasteiger partial charge in [-0.25, -0.2) is 4.39 Å². The van der Waals surface area contributed by atoms with Crippen molar-refractivity contribution in [1.82, 2.24) is 0 Å². The number of nitro benzene ring substituents is 1. The van der Waals surface area contributed by atoms with E-state index in [9.17, 15) is 32.5 Å². The minimum Gasteiger partial charge on any atom is -0.326 e. The van der Waals surface area contributed by atoms with E-state index in [0.29, 0.717) is 25.0 Å². The SMILES string of the molecule is CC.CC(CCc1ccc(F)cc1)C(=O)Nc1ccc([N+](=O)[O-])c(C(F)(F)F)c1. The molecule has 0 aliphatic rings. The van der Waals surface area contributed by atoms with Crippen LogP contribution in [-0.2, 0) is 17.4 Å². The molecule has 0 saturated heterocycles. The molecule has 0 saturated carbocycles. The third-order valence-corrected chi connectivity index (χ3v) is 3.99. The summed E-state index contributed by atoms with van der Waals surface area (Å²) in [6, 6.07) is 8.09. The number of rotatable bonds is 6. The Morgan fingerprint density at radius 3 is 2.24 bits per heavy atom. The molecule has 1 amide bonds. The predicted molar refractivity (Wildman–Crippen MR) is 102 cm³/mol. The summed E-state index contributed by atoms with van der Waals surface area (Å²) >= 11 is 0. The lowest BCUT2D eigenvalue weighted by molar-refractivity contribution is -0.388. The highest BCUT2D eigenvalue weighted by atomic mass is 19.4. The normalized spacial score (nSPS) is 11.8. The molecule has 158 valence electrons. The van der Waals surface area contributed by atoms with Crippen molar-refractivity contribution in [3.8, 4) is 0 Å². The molecule has 1 atom stereocenters. The summed E-state index contributed by atoms with van der Waals surface area (Å²) < 4.78 is 51.8. The summed E-state index contributed by atoms with van der Waals surface area (Å²) in [7, 11) is 0. The first-order valence-electron chi connectivity index (χ1n) is 8.99. The minimum absolute atomic E-state index is 0.174. The van der Waals surface area contributed by atoms with Crippen LogP contribution < -0.4 is 5.32 Å². The number of carbonyl (C=O) groups is 1. The van der Waals surface area contributed by atoms with Gasteiger partial charge >= 0.3 is 6.18 Å². The number of alkyl halides is 3. The van der Waals surface area contributed by atoms with Crippen molar-refractivity contribution in [3.63, 3.8) is 0 Å². The summed E-state index contributed by atoms with van der Waals surface area (Å²) in [5.41, 5.74) is -1.86. The van der Waals surface area contributed by atoms with E-state index in [-0.39, 0.29) is 11.5 Å².